The lowest BCUT2D eigenvalue weighted by molar-refractivity contribution is -0.384. The second-order valence-corrected chi connectivity index (χ2v) is 6.02. The van der Waals surface area contributed by atoms with Gasteiger partial charge in [0.2, 0.25) is 11.8 Å². The number of benzene rings is 1. The summed E-state index contributed by atoms with van der Waals surface area (Å²) in [4.78, 5) is 20.1. The van der Waals surface area contributed by atoms with Crippen LogP contribution in [-0.2, 0) is 0 Å². The molecule has 1 aromatic heterocycles. The summed E-state index contributed by atoms with van der Waals surface area (Å²) < 4.78 is 28.8. The first-order valence-electron chi connectivity index (χ1n) is 8.25. The van der Waals surface area contributed by atoms with Crippen molar-refractivity contribution in [1.29, 1.82) is 0 Å². The Morgan fingerprint density at radius 1 is 1.37 bits per heavy atom. The Hall–Kier alpha value is -3.24. The van der Waals surface area contributed by atoms with Gasteiger partial charge in [-0.3, -0.25) is 10.1 Å². The van der Waals surface area contributed by atoms with E-state index in [2.05, 4.69) is 24.9 Å². The third kappa shape index (κ3) is 4.68. The molecule has 3 N–H and O–H groups in total. The molecule has 1 aliphatic rings. The molecule has 0 bridgehead atoms. The number of aromatic nitrogens is 2. The molecule has 0 radical (unpaired) electrons. The minimum atomic E-state index is -2.85. The standard InChI is InChI=1S/C16H18F2N6O3/c17-15(18)27-12-5-3-11(4-6-12)23-7-1-2-10(9-23)21-16-20-8-13(24(25)26)14(19)22-16/h3-6,8,10,15H,1-2,7,9H2,(H3,19,20,21,22). The molecule has 3 rings (SSSR count). The Balaban J connectivity index is 1.64. The fraction of sp³-hybridized carbons (Fsp3) is 0.375. The van der Waals surface area contributed by atoms with Crippen LogP contribution in [0.5, 0.6) is 5.75 Å². The maximum atomic E-state index is 12.2. The molecule has 0 amide bonds. The third-order valence-electron chi connectivity index (χ3n) is 4.18. The van der Waals surface area contributed by atoms with E-state index in [1.54, 1.807) is 12.1 Å². The summed E-state index contributed by atoms with van der Waals surface area (Å²) in [5.41, 5.74) is 6.13. The minimum absolute atomic E-state index is 0.0107. The Bertz CT molecular complexity index is 805. The van der Waals surface area contributed by atoms with Crippen molar-refractivity contribution in [2.75, 3.05) is 29.0 Å². The molecule has 1 unspecified atom stereocenters. The molecule has 144 valence electrons. The first-order chi connectivity index (χ1) is 12.9. The van der Waals surface area contributed by atoms with E-state index in [0.29, 0.717) is 6.54 Å². The van der Waals surface area contributed by atoms with E-state index in [0.717, 1.165) is 31.3 Å². The van der Waals surface area contributed by atoms with Gasteiger partial charge < -0.3 is 20.7 Å². The average Bonchev–Trinajstić information content (AvgIpc) is 2.62. The quantitative estimate of drug-likeness (QED) is 0.580. The molecule has 1 aliphatic heterocycles. The zero-order valence-electron chi connectivity index (χ0n) is 14.2. The van der Waals surface area contributed by atoms with Crippen molar-refractivity contribution in [3.8, 4) is 5.75 Å². The highest BCUT2D eigenvalue weighted by atomic mass is 19.3. The monoisotopic (exact) mass is 380 g/mol. The van der Waals surface area contributed by atoms with Crippen LogP contribution in [0.1, 0.15) is 12.8 Å². The van der Waals surface area contributed by atoms with Crippen molar-refractivity contribution in [3.05, 3.63) is 40.6 Å². The first-order valence-corrected chi connectivity index (χ1v) is 8.25. The van der Waals surface area contributed by atoms with Gasteiger partial charge in [-0.05, 0) is 37.1 Å². The van der Waals surface area contributed by atoms with Crippen LogP contribution < -0.4 is 20.7 Å². The fourth-order valence-corrected chi connectivity index (χ4v) is 2.95. The van der Waals surface area contributed by atoms with E-state index in [1.165, 1.54) is 12.1 Å². The van der Waals surface area contributed by atoms with Gasteiger partial charge in [-0.2, -0.15) is 13.8 Å². The van der Waals surface area contributed by atoms with Crippen LogP contribution in [0, 0.1) is 10.1 Å². The first kappa shape index (κ1) is 18.5. The van der Waals surface area contributed by atoms with Gasteiger partial charge in [0.05, 0.1) is 4.92 Å². The lowest BCUT2D eigenvalue weighted by Gasteiger charge is -2.34. The number of hydrogen-bond acceptors (Lipinski definition) is 8. The molecule has 2 aromatic rings. The highest BCUT2D eigenvalue weighted by Gasteiger charge is 2.22. The Morgan fingerprint density at radius 3 is 2.74 bits per heavy atom. The predicted octanol–water partition coefficient (Wildman–Crippen LogP) is 2.65. The van der Waals surface area contributed by atoms with Crippen molar-refractivity contribution >= 4 is 23.1 Å². The highest BCUT2D eigenvalue weighted by molar-refractivity contribution is 5.54. The molecule has 0 aliphatic carbocycles. The summed E-state index contributed by atoms with van der Waals surface area (Å²) in [7, 11) is 0. The van der Waals surface area contributed by atoms with E-state index in [-0.39, 0.29) is 29.2 Å². The second-order valence-electron chi connectivity index (χ2n) is 6.02. The molecule has 1 aromatic carbocycles. The third-order valence-corrected chi connectivity index (χ3v) is 4.18. The molecule has 1 atom stereocenters. The largest absolute Gasteiger partial charge is 0.435 e. The molecule has 0 saturated carbocycles. The second kappa shape index (κ2) is 7.98. The van der Waals surface area contributed by atoms with Crippen LogP contribution in [0.4, 0.5) is 31.9 Å². The van der Waals surface area contributed by atoms with Crippen molar-refractivity contribution < 1.29 is 18.4 Å². The summed E-state index contributed by atoms with van der Waals surface area (Å²) in [5.74, 6) is 0.139. The maximum Gasteiger partial charge on any atom is 0.387 e. The van der Waals surface area contributed by atoms with Gasteiger partial charge in [0.25, 0.3) is 0 Å². The summed E-state index contributed by atoms with van der Waals surface area (Å²) in [5, 5.41) is 13.9. The van der Waals surface area contributed by atoms with Crippen LogP contribution in [-0.4, -0.2) is 40.6 Å². The lowest BCUT2D eigenvalue weighted by Crippen LogP contribution is -2.42. The van der Waals surface area contributed by atoms with E-state index in [4.69, 9.17) is 5.73 Å². The number of nitrogens with zero attached hydrogens (tertiary/aromatic N) is 4. The van der Waals surface area contributed by atoms with Crippen LogP contribution >= 0.6 is 0 Å². The summed E-state index contributed by atoms with van der Waals surface area (Å²) >= 11 is 0. The average molecular weight is 380 g/mol. The van der Waals surface area contributed by atoms with E-state index >= 15 is 0 Å². The molecule has 11 heteroatoms. The number of nitrogens with two attached hydrogens (primary N) is 1. The highest BCUT2D eigenvalue weighted by Crippen LogP contribution is 2.25. The number of halogens is 2. The molecular weight excluding hydrogens is 362 g/mol. The normalized spacial score (nSPS) is 17.0. The van der Waals surface area contributed by atoms with Crippen molar-refractivity contribution in [1.82, 2.24) is 9.97 Å². The van der Waals surface area contributed by atoms with Crippen LogP contribution in [0.15, 0.2) is 30.5 Å². The van der Waals surface area contributed by atoms with Crippen LogP contribution in [0.25, 0.3) is 0 Å². The van der Waals surface area contributed by atoms with Gasteiger partial charge in [-0.1, -0.05) is 0 Å². The van der Waals surface area contributed by atoms with Crippen molar-refractivity contribution in [3.63, 3.8) is 0 Å². The summed E-state index contributed by atoms with van der Waals surface area (Å²) in [6, 6.07) is 6.45. The van der Waals surface area contributed by atoms with E-state index < -0.39 is 11.5 Å². The smallest absolute Gasteiger partial charge is 0.387 e. The number of piperidine rings is 1. The molecule has 1 fully saturated rings. The number of nitrogens with one attached hydrogen (secondary N) is 1. The zero-order valence-corrected chi connectivity index (χ0v) is 14.2. The molecule has 1 saturated heterocycles. The Morgan fingerprint density at radius 2 is 2.11 bits per heavy atom. The molecule has 0 spiro atoms. The Kier molecular flexibility index (Phi) is 5.48. The van der Waals surface area contributed by atoms with Crippen LogP contribution in [0.2, 0.25) is 0 Å². The fourth-order valence-electron chi connectivity index (χ4n) is 2.95. The Labute approximate surface area is 153 Å². The molecular formula is C16H18F2N6O3. The minimum Gasteiger partial charge on any atom is -0.435 e. The number of nitrogen functional groups attached to an aromatic ring is 1. The van der Waals surface area contributed by atoms with Crippen molar-refractivity contribution in [2.45, 2.75) is 25.5 Å². The SMILES string of the molecule is Nc1nc(NC2CCCN(c3ccc(OC(F)F)cc3)C2)ncc1[N+](=O)[O-]. The number of ether oxygens (including phenoxy) is 1. The summed E-state index contributed by atoms with van der Waals surface area (Å²) in [6.07, 6.45) is 2.84. The summed E-state index contributed by atoms with van der Waals surface area (Å²) in [6.45, 7) is -1.40. The zero-order chi connectivity index (χ0) is 19.4. The van der Waals surface area contributed by atoms with Gasteiger partial charge in [0, 0.05) is 24.8 Å². The topological polar surface area (TPSA) is 119 Å². The molecule has 9 nitrogen and oxygen atoms in total. The van der Waals surface area contributed by atoms with Gasteiger partial charge in [0.1, 0.15) is 11.9 Å². The molecule has 27 heavy (non-hydrogen) atoms. The molecule has 2 heterocycles. The number of hydrogen-bond donors (Lipinski definition) is 2. The number of alkyl halides is 2. The van der Waals surface area contributed by atoms with E-state index in [1.807, 2.05) is 0 Å². The predicted molar refractivity (Wildman–Crippen MR) is 95.0 cm³/mol. The van der Waals surface area contributed by atoms with Gasteiger partial charge >= 0.3 is 12.3 Å². The van der Waals surface area contributed by atoms with Crippen molar-refractivity contribution in [2.24, 2.45) is 0 Å². The number of anilines is 3. The number of rotatable bonds is 6. The van der Waals surface area contributed by atoms with Gasteiger partial charge in [0.15, 0.2) is 0 Å². The van der Waals surface area contributed by atoms with Gasteiger partial charge in [-0.15, -0.1) is 0 Å². The van der Waals surface area contributed by atoms with Gasteiger partial charge in [-0.25, -0.2) is 4.98 Å². The number of nitro groups is 1. The van der Waals surface area contributed by atoms with Crippen LogP contribution in [0.3, 0.4) is 0 Å². The van der Waals surface area contributed by atoms with E-state index in [9.17, 15) is 18.9 Å². The maximum absolute atomic E-state index is 12.2. The lowest BCUT2D eigenvalue weighted by atomic mass is 10.0.